The average molecular weight is 485 g/mol. The van der Waals surface area contributed by atoms with Gasteiger partial charge in [-0.25, -0.2) is 4.39 Å². The standard InChI is InChI=1S/C16H19Cl2FN4.HI/c1-10-4-5-11(6-14(10)19)8-21-16(20-2)22-9-12-7-13(17)15(18)23(12)3;/h4-7H,8-9H2,1-3H3,(H2,20,21,22);1H. The number of nitrogens with zero attached hydrogens (tertiary/aromatic N) is 2. The second kappa shape index (κ2) is 9.48. The van der Waals surface area contributed by atoms with E-state index in [4.69, 9.17) is 23.2 Å². The second-order valence-electron chi connectivity index (χ2n) is 5.20. The van der Waals surface area contributed by atoms with Crippen LogP contribution in [0.25, 0.3) is 0 Å². The van der Waals surface area contributed by atoms with E-state index < -0.39 is 0 Å². The molecule has 1 aromatic carbocycles. The van der Waals surface area contributed by atoms with Crippen LogP contribution in [0.1, 0.15) is 16.8 Å². The minimum absolute atomic E-state index is 0. The van der Waals surface area contributed by atoms with Crippen LogP contribution in [0.15, 0.2) is 29.3 Å². The van der Waals surface area contributed by atoms with Crippen molar-refractivity contribution in [3.05, 3.63) is 57.1 Å². The Morgan fingerprint density at radius 3 is 2.42 bits per heavy atom. The summed E-state index contributed by atoms with van der Waals surface area (Å²) in [7, 11) is 3.52. The Morgan fingerprint density at radius 1 is 1.21 bits per heavy atom. The number of rotatable bonds is 4. The Hall–Kier alpha value is -0.990. The maximum absolute atomic E-state index is 13.5. The summed E-state index contributed by atoms with van der Waals surface area (Å²) in [6.45, 7) is 2.74. The van der Waals surface area contributed by atoms with Gasteiger partial charge < -0.3 is 15.2 Å². The Labute approximate surface area is 168 Å². The highest BCUT2D eigenvalue weighted by Gasteiger charge is 2.09. The quantitative estimate of drug-likeness (QED) is 0.386. The van der Waals surface area contributed by atoms with Gasteiger partial charge >= 0.3 is 0 Å². The van der Waals surface area contributed by atoms with E-state index in [0.29, 0.717) is 34.8 Å². The molecule has 132 valence electrons. The molecule has 0 bridgehead atoms. The Balaban J connectivity index is 0.00000288. The van der Waals surface area contributed by atoms with Crippen molar-refractivity contribution in [1.29, 1.82) is 0 Å². The maximum atomic E-state index is 13.5. The van der Waals surface area contributed by atoms with Crippen molar-refractivity contribution in [2.24, 2.45) is 12.0 Å². The molecule has 0 aliphatic rings. The van der Waals surface area contributed by atoms with Crippen LogP contribution in [0.4, 0.5) is 4.39 Å². The fourth-order valence-corrected chi connectivity index (χ4v) is 2.50. The summed E-state index contributed by atoms with van der Waals surface area (Å²) < 4.78 is 15.3. The van der Waals surface area contributed by atoms with Crippen LogP contribution >= 0.6 is 47.2 Å². The molecule has 0 fully saturated rings. The lowest BCUT2D eigenvalue weighted by Gasteiger charge is -2.13. The molecule has 24 heavy (non-hydrogen) atoms. The minimum Gasteiger partial charge on any atom is -0.352 e. The van der Waals surface area contributed by atoms with Gasteiger partial charge in [-0.2, -0.15) is 0 Å². The van der Waals surface area contributed by atoms with Gasteiger partial charge in [0.2, 0.25) is 0 Å². The predicted molar refractivity (Wildman–Crippen MR) is 109 cm³/mol. The summed E-state index contributed by atoms with van der Waals surface area (Å²) >= 11 is 12.0. The molecule has 2 rings (SSSR count). The normalized spacial score (nSPS) is 11.2. The summed E-state index contributed by atoms with van der Waals surface area (Å²) in [6, 6.07) is 6.97. The number of hydrogen-bond donors (Lipinski definition) is 2. The smallest absolute Gasteiger partial charge is 0.191 e. The van der Waals surface area contributed by atoms with E-state index in [9.17, 15) is 4.39 Å². The molecule has 4 nitrogen and oxygen atoms in total. The van der Waals surface area contributed by atoms with Crippen LogP contribution < -0.4 is 10.6 Å². The van der Waals surface area contributed by atoms with Gasteiger partial charge in [0, 0.05) is 26.3 Å². The van der Waals surface area contributed by atoms with E-state index in [2.05, 4.69) is 15.6 Å². The molecule has 0 aliphatic heterocycles. The minimum atomic E-state index is -0.208. The van der Waals surface area contributed by atoms with E-state index in [-0.39, 0.29) is 29.8 Å². The largest absolute Gasteiger partial charge is 0.352 e. The molecule has 1 heterocycles. The monoisotopic (exact) mass is 484 g/mol. The first kappa shape index (κ1) is 21.1. The predicted octanol–water partition coefficient (Wildman–Crippen LogP) is 4.26. The van der Waals surface area contributed by atoms with Gasteiger partial charge in [-0.1, -0.05) is 35.3 Å². The fraction of sp³-hybridized carbons (Fsp3) is 0.312. The number of hydrogen-bond acceptors (Lipinski definition) is 1. The van der Waals surface area contributed by atoms with E-state index in [1.165, 1.54) is 6.07 Å². The van der Waals surface area contributed by atoms with Crippen molar-refractivity contribution < 1.29 is 4.39 Å². The van der Waals surface area contributed by atoms with E-state index in [1.807, 2.05) is 13.1 Å². The van der Waals surface area contributed by atoms with Gasteiger partial charge in [-0.3, -0.25) is 4.99 Å². The molecule has 1 aromatic heterocycles. The van der Waals surface area contributed by atoms with Crippen LogP contribution in [0.2, 0.25) is 10.2 Å². The first-order chi connectivity index (χ1) is 10.9. The van der Waals surface area contributed by atoms with Gasteiger partial charge in [0.1, 0.15) is 11.0 Å². The van der Waals surface area contributed by atoms with Crippen molar-refractivity contribution in [2.75, 3.05) is 7.05 Å². The molecular formula is C16H20Cl2FIN4. The van der Waals surface area contributed by atoms with Crippen molar-refractivity contribution in [2.45, 2.75) is 20.0 Å². The summed E-state index contributed by atoms with van der Waals surface area (Å²) in [5, 5.41) is 7.33. The lowest BCUT2D eigenvalue weighted by atomic mass is 10.1. The van der Waals surface area contributed by atoms with Crippen molar-refractivity contribution in [3.8, 4) is 0 Å². The molecule has 2 N–H and O–H groups in total. The van der Waals surface area contributed by atoms with Crippen molar-refractivity contribution >= 4 is 53.1 Å². The van der Waals surface area contributed by atoms with Gasteiger partial charge in [-0.05, 0) is 30.2 Å². The van der Waals surface area contributed by atoms with E-state index >= 15 is 0 Å². The van der Waals surface area contributed by atoms with Crippen molar-refractivity contribution in [3.63, 3.8) is 0 Å². The van der Waals surface area contributed by atoms with E-state index in [1.54, 1.807) is 30.7 Å². The molecule has 0 atom stereocenters. The van der Waals surface area contributed by atoms with Crippen molar-refractivity contribution in [1.82, 2.24) is 15.2 Å². The van der Waals surface area contributed by atoms with E-state index in [0.717, 1.165) is 11.3 Å². The number of aromatic nitrogens is 1. The Morgan fingerprint density at radius 2 is 1.88 bits per heavy atom. The lowest BCUT2D eigenvalue weighted by Crippen LogP contribution is -2.36. The molecule has 2 aromatic rings. The third-order valence-corrected chi connectivity index (χ3v) is 4.41. The zero-order valence-corrected chi connectivity index (χ0v) is 17.5. The first-order valence-corrected chi connectivity index (χ1v) is 7.87. The fourth-order valence-electron chi connectivity index (χ4n) is 2.09. The molecular weight excluding hydrogens is 465 g/mol. The molecule has 8 heteroatoms. The number of benzene rings is 1. The number of aliphatic imine (C=N–C) groups is 1. The SMILES string of the molecule is CN=C(NCc1ccc(C)c(F)c1)NCc1cc(Cl)c(Cl)n1C.I. The summed E-state index contributed by atoms with van der Waals surface area (Å²) in [5.74, 6) is 0.403. The number of nitrogens with one attached hydrogen (secondary N) is 2. The number of guanidine groups is 1. The lowest BCUT2D eigenvalue weighted by molar-refractivity contribution is 0.615. The highest BCUT2D eigenvalue weighted by molar-refractivity contribution is 14.0. The summed E-state index contributed by atoms with van der Waals surface area (Å²) in [6.07, 6.45) is 0. The molecule has 0 spiro atoms. The zero-order valence-electron chi connectivity index (χ0n) is 13.7. The molecule has 0 saturated heterocycles. The maximum Gasteiger partial charge on any atom is 0.191 e. The Kier molecular flexibility index (Phi) is 8.32. The summed E-state index contributed by atoms with van der Waals surface area (Å²) in [4.78, 5) is 4.14. The topological polar surface area (TPSA) is 41.4 Å². The third kappa shape index (κ3) is 5.26. The van der Waals surface area contributed by atoms with Gasteiger partial charge in [0.15, 0.2) is 5.96 Å². The Bertz CT molecular complexity index is 731. The zero-order chi connectivity index (χ0) is 17.0. The highest BCUT2D eigenvalue weighted by Crippen LogP contribution is 2.24. The van der Waals surface area contributed by atoms with Gasteiger partial charge in [0.25, 0.3) is 0 Å². The number of halogens is 4. The molecule has 0 unspecified atom stereocenters. The third-order valence-electron chi connectivity index (χ3n) is 3.57. The van der Waals surface area contributed by atoms with Crippen LogP contribution in [-0.4, -0.2) is 17.6 Å². The molecule has 0 saturated carbocycles. The van der Waals surface area contributed by atoms with Crippen LogP contribution in [0.3, 0.4) is 0 Å². The number of aryl methyl sites for hydroxylation is 1. The molecule has 0 amide bonds. The van der Waals surface area contributed by atoms with Crippen LogP contribution in [0.5, 0.6) is 0 Å². The highest BCUT2D eigenvalue weighted by atomic mass is 127. The first-order valence-electron chi connectivity index (χ1n) is 7.11. The van der Waals surface area contributed by atoms with Gasteiger partial charge in [-0.15, -0.1) is 24.0 Å². The van der Waals surface area contributed by atoms with Gasteiger partial charge in [0.05, 0.1) is 11.6 Å². The van der Waals surface area contributed by atoms with Crippen LogP contribution in [0, 0.1) is 12.7 Å². The summed E-state index contributed by atoms with van der Waals surface area (Å²) in [5.41, 5.74) is 2.42. The van der Waals surface area contributed by atoms with Crippen LogP contribution in [-0.2, 0) is 20.1 Å². The second-order valence-corrected chi connectivity index (χ2v) is 5.96. The average Bonchev–Trinajstić information content (AvgIpc) is 2.78. The molecule has 0 aliphatic carbocycles. The molecule has 0 radical (unpaired) electrons.